The molecule has 2 atom stereocenters. The highest BCUT2D eigenvalue weighted by Gasteiger charge is 2.51. The first-order valence-electron chi connectivity index (χ1n) is 14.3. The van der Waals surface area contributed by atoms with Crippen molar-refractivity contribution in [1.82, 2.24) is 9.80 Å². The lowest BCUT2D eigenvalue weighted by Crippen LogP contribution is -2.50. The number of carbonyl (C=O) groups excluding carboxylic acids is 2. The van der Waals surface area contributed by atoms with Gasteiger partial charge in [0.05, 0.1) is 0 Å². The molecule has 4 aromatic carbocycles. The van der Waals surface area contributed by atoms with Crippen LogP contribution in [-0.2, 0) is 33.9 Å². The third kappa shape index (κ3) is 7.32. The van der Waals surface area contributed by atoms with Crippen molar-refractivity contribution in [2.45, 2.75) is 50.0 Å². The second-order valence-corrected chi connectivity index (χ2v) is 10.9. The van der Waals surface area contributed by atoms with E-state index >= 15 is 0 Å². The summed E-state index contributed by atoms with van der Waals surface area (Å²) in [5.74, 6) is -0.301. The van der Waals surface area contributed by atoms with Crippen molar-refractivity contribution in [1.29, 1.82) is 0 Å². The molecule has 0 saturated carbocycles. The van der Waals surface area contributed by atoms with Crippen LogP contribution < -0.4 is 0 Å². The molecule has 2 N–H and O–H groups in total. The Labute approximate surface area is 248 Å². The maximum atomic E-state index is 13.3. The Balaban J connectivity index is 1.60. The third-order valence-corrected chi connectivity index (χ3v) is 7.96. The Hall–Kier alpha value is -4.26. The highest BCUT2D eigenvalue weighted by Crippen LogP contribution is 2.47. The fourth-order valence-electron chi connectivity index (χ4n) is 5.46. The van der Waals surface area contributed by atoms with E-state index in [4.69, 9.17) is 0 Å². The summed E-state index contributed by atoms with van der Waals surface area (Å²) in [5.41, 5.74) is -0.718. The molecule has 0 aliphatic heterocycles. The number of aliphatic hydroxyl groups is 2. The zero-order valence-corrected chi connectivity index (χ0v) is 24.4. The lowest BCUT2D eigenvalue weighted by atomic mass is 9.68. The first-order chi connectivity index (χ1) is 20.2. The van der Waals surface area contributed by atoms with E-state index in [2.05, 4.69) is 0 Å². The molecule has 0 saturated heterocycles. The van der Waals surface area contributed by atoms with Crippen LogP contribution in [0.15, 0.2) is 121 Å². The molecule has 0 bridgehead atoms. The van der Waals surface area contributed by atoms with E-state index in [0.717, 1.165) is 11.1 Å². The molecule has 6 heteroatoms. The molecule has 0 unspecified atom stereocenters. The maximum absolute atomic E-state index is 13.3. The van der Waals surface area contributed by atoms with Crippen LogP contribution in [0, 0.1) is 0 Å². The lowest BCUT2D eigenvalue weighted by molar-refractivity contribution is -0.179. The summed E-state index contributed by atoms with van der Waals surface area (Å²) in [6, 6.07) is 37.3. The van der Waals surface area contributed by atoms with Gasteiger partial charge in [-0.05, 0) is 35.1 Å². The van der Waals surface area contributed by atoms with Crippen molar-refractivity contribution in [3.8, 4) is 0 Å². The molecule has 0 aliphatic carbocycles. The molecule has 0 radical (unpaired) electrons. The predicted molar refractivity (Wildman–Crippen MR) is 165 cm³/mol. The van der Waals surface area contributed by atoms with Crippen molar-refractivity contribution >= 4 is 11.8 Å². The summed E-state index contributed by atoms with van der Waals surface area (Å²) < 4.78 is 0. The summed E-state index contributed by atoms with van der Waals surface area (Å²) in [5, 5.41) is 25.0. The highest BCUT2D eigenvalue weighted by molar-refractivity contribution is 5.76. The molecule has 42 heavy (non-hydrogen) atoms. The van der Waals surface area contributed by atoms with Crippen LogP contribution in [0.1, 0.15) is 47.9 Å². The molecule has 4 aromatic rings. The Bertz CT molecular complexity index is 1310. The molecule has 218 valence electrons. The highest BCUT2D eigenvalue weighted by atomic mass is 16.4. The standard InChI is InChI=1S/C36H40N2O4/c1-37(27-29-15-7-3-8-16-29)33(39)23-25-35(41,31-19-11-5-12-20-31)36(42,32-21-13-6-14-22-32)26-24-34(40)38(2)28-30-17-9-4-10-18-30/h3-22,41-42H,23-28H2,1-2H3/t35-,36-/m0/s1. The smallest absolute Gasteiger partial charge is 0.222 e. The number of nitrogens with zero attached hydrogens (tertiary/aromatic N) is 2. The molecule has 6 nitrogen and oxygen atoms in total. The van der Waals surface area contributed by atoms with Crippen molar-refractivity contribution in [3.63, 3.8) is 0 Å². The Morgan fingerprint density at radius 2 is 0.810 bits per heavy atom. The third-order valence-electron chi connectivity index (χ3n) is 7.96. The summed E-state index contributed by atoms with van der Waals surface area (Å²) in [6.07, 6.45) is -0.0553. The number of carbonyl (C=O) groups is 2. The minimum atomic E-state index is -1.85. The average Bonchev–Trinajstić information content (AvgIpc) is 3.03. The quantitative estimate of drug-likeness (QED) is 0.220. The minimum absolute atomic E-state index is 0.00568. The van der Waals surface area contributed by atoms with E-state index in [-0.39, 0.29) is 37.5 Å². The van der Waals surface area contributed by atoms with Crippen molar-refractivity contribution in [2.75, 3.05) is 14.1 Å². The van der Waals surface area contributed by atoms with E-state index < -0.39 is 11.2 Å². The van der Waals surface area contributed by atoms with E-state index in [1.165, 1.54) is 0 Å². The van der Waals surface area contributed by atoms with Gasteiger partial charge in [-0.25, -0.2) is 0 Å². The summed E-state index contributed by atoms with van der Waals surface area (Å²) >= 11 is 0. The molecule has 0 spiro atoms. The molecule has 0 aromatic heterocycles. The van der Waals surface area contributed by atoms with Gasteiger partial charge in [0.1, 0.15) is 11.2 Å². The molecule has 2 amide bonds. The Kier molecular flexibility index (Phi) is 10.3. The summed E-state index contributed by atoms with van der Waals surface area (Å²) in [6.45, 7) is 0.878. The van der Waals surface area contributed by atoms with Gasteiger partial charge >= 0.3 is 0 Å². The normalized spacial score (nSPS) is 13.9. The topological polar surface area (TPSA) is 81.1 Å². The minimum Gasteiger partial charge on any atom is -0.382 e. The predicted octanol–water partition coefficient (Wildman–Crippen LogP) is 5.64. The molecular formula is C36H40N2O4. The fraction of sp³-hybridized carbons (Fsp3) is 0.278. The molecule has 0 fully saturated rings. The van der Waals surface area contributed by atoms with Gasteiger partial charge in [-0.1, -0.05) is 121 Å². The zero-order chi connectivity index (χ0) is 30.0. The van der Waals surface area contributed by atoms with E-state index in [9.17, 15) is 19.8 Å². The van der Waals surface area contributed by atoms with Gasteiger partial charge in [0, 0.05) is 40.0 Å². The lowest BCUT2D eigenvalue weighted by Gasteiger charge is -2.45. The first kappa shape index (κ1) is 30.7. The Morgan fingerprint density at radius 1 is 0.524 bits per heavy atom. The number of hydrogen-bond acceptors (Lipinski definition) is 4. The first-order valence-corrected chi connectivity index (χ1v) is 14.3. The van der Waals surface area contributed by atoms with Crippen molar-refractivity contribution in [2.24, 2.45) is 0 Å². The van der Waals surface area contributed by atoms with E-state index in [0.29, 0.717) is 24.2 Å². The van der Waals surface area contributed by atoms with Crippen molar-refractivity contribution < 1.29 is 19.8 Å². The van der Waals surface area contributed by atoms with Crippen LogP contribution in [0.25, 0.3) is 0 Å². The van der Waals surface area contributed by atoms with Gasteiger partial charge in [0.15, 0.2) is 0 Å². The van der Waals surface area contributed by atoms with Crippen LogP contribution >= 0.6 is 0 Å². The maximum Gasteiger partial charge on any atom is 0.222 e. The number of rotatable bonds is 13. The summed E-state index contributed by atoms with van der Waals surface area (Å²) in [4.78, 5) is 29.8. The van der Waals surface area contributed by atoms with Gasteiger partial charge in [0.2, 0.25) is 11.8 Å². The average molecular weight is 565 g/mol. The Morgan fingerprint density at radius 3 is 1.12 bits per heavy atom. The second-order valence-electron chi connectivity index (χ2n) is 10.9. The van der Waals surface area contributed by atoms with Gasteiger partial charge in [-0.2, -0.15) is 0 Å². The van der Waals surface area contributed by atoms with E-state index in [1.807, 2.05) is 72.8 Å². The SMILES string of the molecule is CN(Cc1ccccc1)C(=O)CC[C@](O)(c1ccccc1)[C@](O)(CCC(=O)N(C)Cc1ccccc1)c1ccccc1. The molecule has 0 aliphatic rings. The zero-order valence-electron chi connectivity index (χ0n) is 24.4. The van der Waals surface area contributed by atoms with Gasteiger partial charge < -0.3 is 20.0 Å². The van der Waals surface area contributed by atoms with Crippen LogP contribution in [-0.4, -0.2) is 45.9 Å². The summed E-state index contributed by atoms with van der Waals surface area (Å²) in [7, 11) is 3.48. The fourth-order valence-corrected chi connectivity index (χ4v) is 5.46. The molecule has 0 heterocycles. The molecular weight excluding hydrogens is 524 g/mol. The van der Waals surface area contributed by atoms with Gasteiger partial charge in [0.25, 0.3) is 0 Å². The van der Waals surface area contributed by atoms with Crippen LogP contribution in [0.3, 0.4) is 0 Å². The van der Waals surface area contributed by atoms with Crippen LogP contribution in [0.5, 0.6) is 0 Å². The van der Waals surface area contributed by atoms with E-state index in [1.54, 1.807) is 72.4 Å². The number of benzene rings is 4. The molecule has 4 rings (SSSR count). The van der Waals surface area contributed by atoms with Gasteiger partial charge in [-0.15, -0.1) is 0 Å². The van der Waals surface area contributed by atoms with Crippen molar-refractivity contribution in [3.05, 3.63) is 144 Å². The van der Waals surface area contributed by atoms with Crippen LogP contribution in [0.4, 0.5) is 0 Å². The largest absolute Gasteiger partial charge is 0.382 e. The van der Waals surface area contributed by atoms with Crippen LogP contribution in [0.2, 0.25) is 0 Å². The number of amides is 2. The monoisotopic (exact) mass is 564 g/mol. The van der Waals surface area contributed by atoms with Gasteiger partial charge in [-0.3, -0.25) is 9.59 Å². The number of hydrogen-bond donors (Lipinski definition) is 2. The second kappa shape index (κ2) is 14.1.